The number of esters is 2. The van der Waals surface area contributed by atoms with E-state index < -0.39 is 83.3 Å². The van der Waals surface area contributed by atoms with Gasteiger partial charge in [0.1, 0.15) is 30.3 Å². The number of likely N-dealkylation sites (tertiary alicyclic amines) is 1. The molecule has 0 aliphatic carbocycles. The molecule has 3 aliphatic rings. The van der Waals surface area contributed by atoms with E-state index in [4.69, 9.17) is 24.9 Å². The number of aromatic nitrogens is 2. The molecule has 21 nitrogen and oxygen atoms in total. The monoisotopic (exact) mass is 1010 g/mol. The van der Waals surface area contributed by atoms with Crippen molar-refractivity contribution >= 4 is 52.6 Å². The largest absolute Gasteiger partial charge is 0.457 e. The summed E-state index contributed by atoms with van der Waals surface area (Å²) in [6, 6.07) is 5.71. The molecule has 2 aromatic heterocycles. The first kappa shape index (κ1) is 55.9. The molecule has 1 aromatic carbocycles. The maximum absolute atomic E-state index is 14.4. The lowest BCUT2D eigenvalue weighted by Gasteiger charge is -2.37. The fourth-order valence-electron chi connectivity index (χ4n) is 9.69. The van der Waals surface area contributed by atoms with Crippen LogP contribution in [0.3, 0.4) is 0 Å². The normalized spacial score (nSPS) is 18.0. The van der Waals surface area contributed by atoms with Gasteiger partial charge in [-0.2, -0.15) is 0 Å². The Kier molecular flexibility index (Phi) is 18.1. The number of hydrogen-bond donors (Lipinski definition) is 4. The van der Waals surface area contributed by atoms with Gasteiger partial charge >= 0.3 is 18.0 Å². The lowest BCUT2D eigenvalue weighted by molar-refractivity contribution is -0.191. The van der Waals surface area contributed by atoms with Crippen LogP contribution >= 0.6 is 0 Å². The molecular weight excluding hydrogens is 941 g/mol. The number of carbonyl (C=O) groups excluding carboxylic acids is 7. The number of nitrogens with one attached hydrogen (secondary N) is 3. The Labute approximate surface area is 426 Å². The topological polar surface area (TPSA) is 257 Å². The number of alkyl carbamates (subject to hydrolysis) is 1. The maximum Gasteiger partial charge on any atom is 0.407 e. The minimum Gasteiger partial charge on any atom is -0.457 e. The van der Waals surface area contributed by atoms with Crippen LogP contribution in [0, 0.1) is 5.92 Å². The highest BCUT2D eigenvalue weighted by atomic mass is 16.6. The third kappa shape index (κ3) is 13.0. The molecule has 21 heteroatoms. The van der Waals surface area contributed by atoms with Gasteiger partial charge in [-0.1, -0.05) is 45.9 Å². The Hall–Kier alpha value is -6.45. The Balaban J connectivity index is 1.08. The number of carbonyl (C=O) groups is 7. The highest BCUT2D eigenvalue weighted by molar-refractivity contribution is 5.97. The number of hydrogen-bond acceptors (Lipinski definition) is 15. The van der Waals surface area contributed by atoms with Gasteiger partial charge in [-0.05, 0) is 91.2 Å². The lowest BCUT2D eigenvalue weighted by atomic mass is 9.85. The molecule has 5 N–H and O–H groups in total. The van der Waals surface area contributed by atoms with Crippen LogP contribution in [0.15, 0.2) is 35.1 Å². The van der Waals surface area contributed by atoms with Crippen molar-refractivity contribution in [1.29, 1.82) is 0 Å². The van der Waals surface area contributed by atoms with Crippen LogP contribution in [0.4, 0.5) is 4.79 Å². The number of likely N-dealkylation sites (N-methyl/N-ethyl adjacent to an activating group) is 3. The smallest absolute Gasteiger partial charge is 0.407 e. The molecule has 73 heavy (non-hydrogen) atoms. The van der Waals surface area contributed by atoms with Crippen molar-refractivity contribution in [2.24, 2.45) is 11.7 Å². The molecule has 0 unspecified atom stereocenters. The van der Waals surface area contributed by atoms with Crippen LogP contribution in [0.5, 0.6) is 0 Å². The molecule has 0 saturated carbocycles. The zero-order chi connectivity index (χ0) is 53.5. The predicted octanol–water partition coefficient (Wildman–Crippen LogP) is 2.01. The number of benzene rings is 1. The van der Waals surface area contributed by atoms with E-state index in [2.05, 4.69) is 25.8 Å². The zero-order valence-electron chi connectivity index (χ0n) is 44.1. The molecule has 3 aliphatic heterocycles. The second-order valence-corrected chi connectivity index (χ2v) is 20.8. The van der Waals surface area contributed by atoms with Gasteiger partial charge in [0.15, 0.2) is 0 Å². The van der Waals surface area contributed by atoms with Gasteiger partial charge in [-0.3, -0.25) is 28.9 Å². The Bertz CT molecular complexity index is 2650. The average Bonchev–Trinajstić information content (AvgIpc) is 3.96. The molecule has 5 heterocycles. The molecule has 0 spiro atoms. The number of ether oxygens (including phenoxy) is 3. The highest BCUT2D eigenvalue weighted by Crippen LogP contribution is 2.42. The number of aryl methyl sites for hydroxylation is 1. The Morgan fingerprint density at radius 3 is 2.26 bits per heavy atom. The standard InChI is InChI=1S/C52H74N10O11/c1-11-32-33-16-13-14-17-37(33)56-44-34(32)28-62-40(44)26-36-35(46(62)66)30-71-49(69)52(36,12-2)72-48(68)43(31(3)4)57-45(65)39-18-15-20-61(39)47(67)38(27-41(53)63)55-42(64)29-60(10)25-24-59(9)23-22-58(8)21-19-54-50(70)73-51(5,6)7/h13-14,16-17,26,31,38-39,43H,11-12,15,18-25,27-30H2,1-10H3,(H2,53,63)(H,54,70)(H,55,64)(H,57,65)/t38-,39-,43-,52-/m0/s1. The summed E-state index contributed by atoms with van der Waals surface area (Å²) < 4.78 is 18.7. The van der Waals surface area contributed by atoms with Crippen molar-refractivity contribution < 1.29 is 47.8 Å². The fraction of sp³-hybridized carbons (Fsp3) is 0.596. The van der Waals surface area contributed by atoms with Crippen molar-refractivity contribution in [2.45, 2.75) is 123 Å². The van der Waals surface area contributed by atoms with E-state index in [9.17, 15) is 38.4 Å². The van der Waals surface area contributed by atoms with Gasteiger partial charge in [0, 0.05) is 62.3 Å². The highest BCUT2D eigenvalue weighted by Gasteiger charge is 2.52. The summed E-state index contributed by atoms with van der Waals surface area (Å²) >= 11 is 0. The number of nitrogens with zero attached hydrogens (tertiary/aromatic N) is 6. The summed E-state index contributed by atoms with van der Waals surface area (Å²) in [5.41, 5.74) is 6.76. The summed E-state index contributed by atoms with van der Waals surface area (Å²) in [5, 5.41) is 9.16. The molecule has 6 rings (SSSR count). The van der Waals surface area contributed by atoms with E-state index in [1.54, 1.807) is 64.1 Å². The van der Waals surface area contributed by atoms with Crippen molar-refractivity contribution in [1.82, 2.24) is 45.1 Å². The fourth-order valence-corrected chi connectivity index (χ4v) is 9.69. The van der Waals surface area contributed by atoms with Gasteiger partial charge in [0.2, 0.25) is 29.2 Å². The minimum atomic E-state index is -2.04. The van der Waals surface area contributed by atoms with Crippen LogP contribution in [-0.4, -0.2) is 168 Å². The maximum atomic E-state index is 14.4. The van der Waals surface area contributed by atoms with Crippen LogP contribution in [-0.2, 0) is 68.2 Å². The Morgan fingerprint density at radius 2 is 1.62 bits per heavy atom. The van der Waals surface area contributed by atoms with Gasteiger partial charge in [0.25, 0.3) is 5.56 Å². The molecule has 1 fully saturated rings. The summed E-state index contributed by atoms with van der Waals surface area (Å²) in [6.07, 6.45) is 0.278. The second-order valence-electron chi connectivity index (χ2n) is 20.8. The van der Waals surface area contributed by atoms with Crippen molar-refractivity contribution in [3.05, 3.63) is 62.9 Å². The lowest BCUT2D eigenvalue weighted by Crippen LogP contribution is -2.58. The van der Waals surface area contributed by atoms with Crippen LogP contribution < -0.4 is 27.2 Å². The number of cyclic esters (lactones) is 1. The number of pyridine rings is 2. The average molecular weight is 1020 g/mol. The first-order valence-corrected chi connectivity index (χ1v) is 25.3. The van der Waals surface area contributed by atoms with E-state index >= 15 is 0 Å². The quantitative estimate of drug-likeness (QED) is 0.0649. The minimum absolute atomic E-state index is 0.0911. The van der Waals surface area contributed by atoms with Crippen molar-refractivity contribution in [3.8, 4) is 11.4 Å². The molecule has 0 bridgehead atoms. The van der Waals surface area contributed by atoms with E-state index in [0.717, 1.165) is 35.1 Å². The van der Waals surface area contributed by atoms with E-state index in [-0.39, 0.29) is 55.8 Å². The number of primary amides is 1. The van der Waals surface area contributed by atoms with Crippen LogP contribution in [0.1, 0.15) is 96.4 Å². The predicted molar refractivity (Wildman–Crippen MR) is 272 cm³/mol. The molecule has 3 aromatic rings. The SMILES string of the molecule is CCc1c2c(nc3ccccc13)-c1cc3c(c(=O)n1C2)COC(=O)[C@@]3(CC)OC(=O)[C@@H](NC(=O)[C@@H]1CCCN1C(=O)[C@H](CC(N)=O)NC(=O)CN(C)CCN(C)CCN(C)CCNC(=O)OC(C)(C)C)C(C)C. The third-order valence-corrected chi connectivity index (χ3v) is 13.7. The van der Waals surface area contributed by atoms with Gasteiger partial charge in [-0.15, -0.1) is 0 Å². The summed E-state index contributed by atoms with van der Waals surface area (Å²) in [5.74, 6) is -5.08. The molecular formula is C52H74N10O11. The summed E-state index contributed by atoms with van der Waals surface area (Å²) in [6.45, 7) is 16.1. The third-order valence-electron chi connectivity index (χ3n) is 13.7. The van der Waals surface area contributed by atoms with Gasteiger partial charge in [-0.25, -0.2) is 19.4 Å². The number of fused-ring (bicyclic) bond motifs is 5. The zero-order valence-corrected chi connectivity index (χ0v) is 44.1. The van der Waals surface area contributed by atoms with Crippen molar-refractivity contribution in [2.75, 3.05) is 73.5 Å². The number of nitrogens with two attached hydrogens (primary N) is 1. The van der Waals surface area contributed by atoms with E-state index in [0.29, 0.717) is 50.4 Å². The second kappa shape index (κ2) is 23.6. The Morgan fingerprint density at radius 1 is 0.945 bits per heavy atom. The van der Waals surface area contributed by atoms with Gasteiger partial charge in [0.05, 0.1) is 42.0 Å². The number of para-hydroxylation sites is 1. The number of amides is 5. The van der Waals surface area contributed by atoms with Crippen LogP contribution in [0.25, 0.3) is 22.3 Å². The van der Waals surface area contributed by atoms with Crippen LogP contribution in [0.2, 0.25) is 0 Å². The molecule has 1 saturated heterocycles. The molecule has 0 radical (unpaired) electrons. The van der Waals surface area contributed by atoms with E-state index in [1.807, 2.05) is 45.3 Å². The van der Waals surface area contributed by atoms with E-state index in [1.165, 1.54) is 4.90 Å². The van der Waals surface area contributed by atoms with Crippen molar-refractivity contribution in [3.63, 3.8) is 0 Å². The first-order valence-electron chi connectivity index (χ1n) is 25.3. The molecule has 398 valence electrons. The first-order chi connectivity index (χ1) is 34.5. The molecule has 4 atom stereocenters. The number of rotatable bonds is 22. The van der Waals surface area contributed by atoms with Gasteiger partial charge < -0.3 is 55.2 Å². The summed E-state index contributed by atoms with van der Waals surface area (Å²) in [7, 11) is 5.67. The summed E-state index contributed by atoms with van der Waals surface area (Å²) in [4.78, 5) is 121. The molecule has 5 amide bonds.